The summed E-state index contributed by atoms with van der Waals surface area (Å²) in [5, 5.41) is 3.53. The van der Waals surface area contributed by atoms with Gasteiger partial charge in [-0.3, -0.25) is 0 Å². The molecule has 18 heavy (non-hydrogen) atoms. The Bertz CT molecular complexity index is 557. The Kier molecular flexibility index (Phi) is 5.09. The molecule has 0 saturated carbocycles. The van der Waals surface area contributed by atoms with Gasteiger partial charge in [0.25, 0.3) is 0 Å². The Morgan fingerprint density at radius 1 is 1.06 bits per heavy atom. The van der Waals surface area contributed by atoms with Crippen LogP contribution < -0.4 is 5.32 Å². The maximum absolute atomic E-state index is 3.59. The van der Waals surface area contributed by atoms with Crippen LogP contribution in [0.25, 0.3) is 0 Å². The van der Waals surface area contributed by atoms with Crippen LogP contribution >= 0.6 is 54.5 Å². The molecule has 2 rings (SSSR count). The molecule has 0 spiro atoms. The maximum atomic E-state index is 3.59. The van der Waals surface area contributed by atoms with Crippen molar-refractivity contribution in [1.29, 1.82) is 0 Å². The Balaban J connectivity index is 2.24. The number of benzene rings is 2. The molecule has 0 aromatic heterocycles. The Morgan fingerprint density at radius 2 is 1.78 bits per heavy atom. The molecule has 0 amide bonds. The minimum Gasteiger partial charge on any atom is -0.378 e. The molecule has 0 fully saturated rings. The van der Waals surface area contributed by atoms with Crippen molar-refractivity contribution in [2.75, 3.05) is 5.32 Å². The third-order valence-electron chi connectivity index (χ3n) is 2.67. The first-order valence-corrected chi connectivity index (χ1v) is 8.20. The summed E-state index contributed by atoms with van der Waals surface area (Å²) in [5.74, 6) is 0. The summed E-state index contributed by atoms with van der Waals surface area (Å²) in [6, 6.07) is 14.8. The molecule has 94 valence electrons. The Morgan fingerprint density at radius 3 is 2.50 bits per heavy atom. The second-order valence-electron chi connectivity index (χ2n) is 4.01. The molecule has 0 heterocycles. The number of rotatable bonds is 3. The summed E-state index contributed by atoms with van der Waals surface area (Å²) in [4.78, 5) is 0. The fourth-order valence-electron chi connectivity index (χ4n) is 1.75. The highest BCUT2D eigenvalue weighted by Crippen LogP contribution is 2.30. The first-order valence-electron chi connectivity index (χ1n) is 5.54. The van der Waals surface area contributed by atoms with Crippen LogP contribution in [0, 0.1) is 3.57 Å². The summed E-state index contributed by atoms with van der Waals surface area (Å²) in [5.41, 5.74) is 2.37. The van der Waals surface area contributed by atoms with Gasteiger partial charge in [0.2, 0.25) is 0 Å². The van der Waals surface area contributed by atoms with E-state index in [0.717, 1.165) is 14.6 Å². The van der Waals surface area contributed by atoms with Crippen LogP contribution in [0.4, 0.5) is 5.69 Å². The number of nitrogens with one attached hydrogen (secondary N) is 1. The summed E-state index contributed by atoms with van der Waals surface area (Å²) in [7, 11) is 0. The van der Waals surface area contributed by atoms with Crippen molar-refractivity contribution < 1.29 is 0 Å². The third-order valence-corrected chi connectivity index (χ3v) is 4.76. The second kappa shape index (κ2) is 6.39. The summed E-state index contributed by atoms with van der Waals surface area (Å²) >= 11 is 9.48. The van der Waals surface area contributed by atoms with E-state index in [2.05, 4.69) is 103 Å². The Labute approximate surface area is 138 Å². The van der Waals surface area contributed by atoms with Gasteiger partial charge in [0, 0.05) is 24.2 Å². The lowest BCUT2D eigenvalue weighted by Gasteiger charge is -2.18. The van der Waals surface area contributed by atoms with Crippen LogP contribution in [-0.4, -0.2) is 0 Å². The lowest BCUT2D eigenvalue weighted by molar-refractivity contribution is 0.877. The monoisotopic (exact) mass is 479 g/mol. The maximum Gasteiger partial charge on any atom is 0.0499 e. The standard InChI is InChI=1S/C14H12Br2IN/c1-9(11-4-2-3-5-12(11)15)18-14-8-10(17)6-7-13(14)16/h2-9,18H,1H3. The van der Waals surface area contributed by atoms with E-state index in [1.165, 1.54) is 9.13 Å². The van der Waals surface area contributed by atoms with Crippen LogP contribution in [-0.2, 0) is 0 Å². The van der Waals surface area contributed by atoms with Gasteiger partial charge in [0.1, 0.15) is 0 Å². The van der Waals surface area contributed by atoms with E-state index in [-0.39, 0.29) is 6.04 Å². The molecule has 1 nitrogen and oxygen atoms in total. The highest BCUT2D eigenvalue weighted by atomic mass is 127. The third kappa shape index (κ3) is 3.48. The molecule has 0 radical (unpaired) electrons. The molecule has 1 N–H and O–H groups in total. The van der Waals surface area contributed by atoms with Crippen molar-refractivity contribution in [3.05, 3.63) is 60.5 Å². The van der Waals surface area contributed by atoms with Crippen molar-refractivity contribution in [2.45, 2.75) is 13.0 Å². The highest BCUT2D eigenvalue weighted by molar-refractivity contribution is 14.1. The van der Waals surface area contributed by atoms with Crippen LogP contribution in [0.1, 0.15) is 18.5 Å². The average molecular weight is 481 g/mol. The van der Waals surface area contributed by atoms with Gasteiger partial charge >= 0.3 is 0 Å². The van der Waals surface area contributed by atoms with Crippen LogP contribution in [0.15, 0.2) is 51.4 Å². The average Bonchev–Trinajstić information content (AvgIpc) is 2.34. The molecule has 0 saturated heterocycles. The topological polar surface area (TPSA) is 12.0 Å². The molecule has 2 aromatic rings. The molecule has 0 aliphatic rings. The van der Waals surface area contributed by atoms with Crippen molar-refractivity contribution in [3.63, 3.8) is 0 Å². The first-order chi connectivity index (χ1) is 8.58. The molecule has 0 bridgehead atoms. The Hall–Kier alpha value is -0.0700. The zero-order valence-electron chi connectivity index (χ0n) is 9.75. The molecule has 2 aromatic carbocycles. The van der Waals surface area contributed by atoms with Crippen LogP contribution in [0.5, 0.6) is 0 Å². The van der Waals surface area contributed by atoms with E-state index in [0.29, 0.717) is 0 Å². The van der Waals surface area contributed by atoms with Gasteiger partial charge in [0.05, 0.1) is 0 Å². The fraction of sp³-hybridized carbons (Fsp3) is 0.143. The normalized spacial score (nSPS) is 12.2. The molecule has 0 aliphatic carbocycles. The number of anilines is 1. The number of halogens is 3. The zero-order valence-corrected chi connectivity index (χ0v) is 15.1. The van der Waals surface area contributed by atoms with E-state index in [1.807, 2.05) is 6.07 Å². The molecule has 1 unspecified atom stereocenters. The van der Waals surface area contributed by atoms with Crippen molar-refractivity contribution in [2.24, 2.45) is 0 Å². The van der Waals surface area contributed by atoms with E-state index in [9.17, 15) is 0 Å². The van der Waals surface area contributed by atoms with E-state index >= 15 is 0 Å². The van der Waals surface area contributed by atoms with Gasteiger partial charge in [-0.25, -0.2) is 0 Å². The smallest absolute Gasteiger partial charge is 0.0499 e. The minimum absolute atomic E-state index is 0.245. The van der Waals surface area contributed by atoms with Crippen molar-refractivity contribution in [3.8, 4) is 0 Å². The van der Waals surface area contributed by atoms with Crippen molar-refractivity contribution >= 4 is 60.1 Å². The lowest BCUT2D eigenvalue weighted by Crippen LogP contribution is -2.07. The number of hydrogen-bond acceptors (Lipinski definition) is 1. The van der Waals surface area contributed by atoms with E-state index in [1.54, 1.807) is 0 Å². The van der Waals surface area contributed by atoms with Gasteiger partial charge in [-0.15, -0.1) is 0 Å². The lowest BCUT2D eigenvalue weighted by atomic mass is 10.1. The fourth-order valence-corrected chi connectivity index (χ4v) is 3.23. The minimum atomic E-state index is 0.245. The van der Waals surface area contributed by atoms with Crippen molar-refractivity contribution in [1.82, 2.24) is 0 Å². The first kappa shape index (κ1) is 14.3. The van der Waals surface area contributed by atoms with Crippen LogP contribution in [0.2, 0.25) is 0 Å². The second-order valence-corrected chi connectivity index (χ2v) is 6.97. The zero-order chi connectivity index (χ0) is 13.1. The van der Waals surface area contributed by atoms with Gasteiger partial charge in [0.15, 0.2) is 0 Å². The molecular formula is C14H12Br2IN. The molecular weight excluding hydrogens is 469 g/mol. The molecule has 0 aliphatic heterocycles. The number of hydrogen-bond donors (Lipinski definition) is 1. The van der Waals surface area contributed by atoms with Gasteiger partial charge in [-0.2, -0.15) is 0 Å². The summed E-state index contributed by atoms with van der Waals surface area (Å²) in [6.45, 7) is 2.16. The SMILES string of the molecule is CC(Nc1cc(I)ccc1Br)c1ccccc1Br. The highest BCUT2D eigenvalue weighted by Gasteiger charge is 2.10. The van der Waals surface area contributed by atoms with Gasteiger partial charge in [-0.05, 0) is 75.3 Å². The largest absolute Gasteiger partial charge is 0.378 e. The predicted octanol–water partition coefficient (Wildman–Crippen LogP) is 5.99. The quantitative estimate of drug-likeness (QED) is 0.532. The van der Waals surface area contributed by atoms with Crippen LogP contribution in [0.3, 0.4) is 0 Å². The summed E-state index contributed by atoms with van der Waals surface area (Å²) < 4.78 is 3.44. The predicted molar refractivity (Wildman–Crippen MR) is 93.0 cm³/mol. The molecule has 1 atom stereocenters. The van der Waals surface area contributed by atoms with Gasteiger partial charge < -0.3 is 5.32 Å². The molecule has 4 heteroatoms. The van der Waals surface area contributed by atoms with E-state index < -0.39 is 0 Å². The summed E-state index contributed by atoms with van der Waals surface area (Å²) in [6.07, 6.45) is 0. The van der Waals surface area contributed by atoms with E-state index in [4.69, 9.17) is 0 Å². The van der Waals surface area contributed by atoms with Gasteiger partial charge in [-0.1, -0.05) is 34.1 Å².